The molecule has 0 aromatic carbocycles. The molecule has 0 N–H and O–H groups in total. The first-order valence-electron chi connectivity index (χ1n) is 3.42. The summed E-state index contributed by atoms with van der Waals surface area (Å²) in [5.74, 6) is 0. The second kappa shape index (κ2) is 3.10. The van der Waals surface area contributed by atoms with Crippen LogP contribution in [0.3, 0.4) is 0 Å². The molecule has 0 unspecified atom stereocenters. The molecule has 0 aliphatic heterocycles. The molecule has 1 aromatic rings. The summed E-state index contributed by atoms with van der Waals surface area (Å²) in [4.78, 5) is 0. The van der Waals surface area contributed by atoms with Crippen molar-refractivity contribution in [2.24, 2.45) is 0 Å². The van der Waals surface area contributed by atoms with E-state index < -0.39 is 0 Å². The van der Waals surface area contributed by atoms with Gasteiger partial charge in [0.05, 0.1) is 0 Å². The minimum absolute atomic E-state index is 0.343. The van der Waals surface area contributed by atoms with E-state index in [4.69, 9.17) is 5.26 Å². The van der Waals surface area contributed by atoms with Crippen molar-refractivity contribution in [1.29, 1.82) is 5.26 Å². The van der Waals surface area contributed by atoms with Crippen molar-refractivity contribution in [1.82, 2.24) is 4.57 Å². The number of hydrogen-bond acceptors (Lipinski definition) is 1. The van der Waals surface area contributed by atoms with Gasteiger partial charge in [0.2, 0.25) is 0 Å². The highest BCUT2D eigenvalue weighted by atomic mass is 79.9. The van der Waals surface area contributed by atoms with E-state index in [-0.39, 0.29) is 0 Å². The molecule has 58 valence electrons. The molecule has 0 spiro atoms. The van der Waals surface area contributed by atoms with Gasteiger partial charge in [0.25, 0.3) is 0 Å². The van der Waals surface area contributed by atoms with Crippen LogP contribution in [0, 0.1) is 11.3 Å². The summed E-state index contributed by atoms with van der Waals surface area (Å²) < 4.78 is 2.90. The van der Waals surface area contributed by atoms with E-state index in [1.807, 2.05) is 30.7 Å². The third-order valence-corrected chi connectivity index (χ3v) is 1.92. The van der Waals surface area contributed by atoms with Crippen LogP contribution >= 0.6 is 15.9 Å². The lowest BCUT2D eigenvalue weighted by Crippen LogP contribution is -2.00. The largest absolute Gasteiger partial charge is 0.336 e. The second-order valence-electron chi connectivity index (χ2n) is 2.66. The molecule has 3 heteroatoms. The van der Waals surface area contributed by atoms with Gasteiger partial charge >= 0.3 is 0 Å². The van der Waals surface area contributed by atoms with E-state index in [1.165, 1.54) is 0 Å². The van der Waals surface area contributed by atoms with E-state index in [0.717, 1.165) is 4.47 Å². The third kappa shape index (κ3) is 1.63. The fourth-order valence-electron chi connectivity index (χ4n) is 0.962. The van der Waals surface area contributed by atoms with Gasteiger partial charge in [0, 0.05) is 16.7 Å². The van der Waals surface area contributed by atoms with E-state index >= 15 is 0 Å². The number of halogens is 1. The Morgan fingerprint density at radius 1 is 1.64 bits per heavy atom. The zero-order valence-electron chi connectivity index (χ0n) is 6.50. The van der Waals surface area contributed by atoms with Crippen LogP contribution in [0.25, 0.3) is 0 Å². The van der Waals surface area contributed by atoms with Crippen molar-refractivity contribution >= 4 is 15.9 Å². The first-order chi connectivity index (χ1) is 5.15. The summed E-state index contributed by atoms with van der Waals surface area (Å²) in [5.41, 5.74) is 0.701. The molecule has 0 atom stereocenters. The van der Waals surface area contributed by atoms with Crippen LogP contribution in [0.4, 0.5) is 0 Å². The van der Waals surface area contributed by atoms with Crippen LogP contribution in [-0.2, 0) is 0 Å². The van der Waals surface area contributed by atoms with Gasteiger partial charge in [0.1, 0.15) is 11.8 Å². The van der Waals surface area contributed by atoms with Crippen LogP contribution in [0.15, 0.2) is 16.7 Å². The summed E-state index contributed by atoms with van der Waals surface area (Å²) in [6.45, 7) is 4.10. The van der Waals surface area contributed by atoms with E-state index in [9.17, 15) is 0 Å². The van der Waals surface area contributed by atoms with Crippen LogP contribution in [0.2, 0.25) is 0 Å². The first kappa shape index (κ1) is 8.35. The summed E-state index contributed by atoms with van der Waals surface area (Å²) in [6, 6.07) is 4.29. The van der Waals surface area contributed by atoms with Gasteiger partial charge in [-0.15, -0.1) is 0 Å². The van der Waals surface area contributed by atoms with Gasteiger partial charge in [-0.25, -0.2) is 0 Å². The molecule has 0 saturated heterocycles. The smallest absolute Gasteiger partial charge is 0.121 e. The number of aromatic nitrogens is 1. The maximum absolute atomic E-state index is 8.69. The fourth-order valence-corrected chi connectivity index (χ4v) is 1.40. The summed E-state index contributed by atoms with van der Waals surface area (Å²) in [6.07, 6.45) is 1.92. The first-order valence-corrected chi connectivity index (χ1v) is 4.22. The molecule has 0 fully saturated rings. The maximum Gasteiger partial charge on any atom is 0.121 e. The highest BCUT2D eigenvalue weighted by Crippen LogP contribution is 2.18. The molecule has 0 saturated carbocycles. The minimum Gasteiger partial charge on any atom is -0.336 e. The highest BCUT2D eigenvalue weighted by molar-refractivity contribution is 9.10. The van der Waals surface area contributed by atoms with E-state index in [1.54, 1.807) is 0 Å². The minimum atomic E-state index is 0.343. The lowest BCUT2D eigenvalue weighted by atomic mass is 10.3. The molecule has 0 bridgehead atoms. The molecule has 1 aromatic heterocycles. The molecule has 2 nitrogen and oxygen atoms in total. The van der Waals surface area contributed by atoms with Crippen molar-refractivity contribution in [3.05, 3.63) is 22.4 Å². The second-order valence-corrected chi connectivity index (χ2v) is 3.57. The Labute approximate surface area is 74.6 Å². The zero-order chi connectivity index (χ0) is 8.43. The number of hydrogen-bond donors (Lipinski definition) is 0. The lowest BCUT2D eigenvalue weighted by molar-refractivity contribution is 0.597. The Morgan fingerprint density at radius 2 is 2.27 bits per heavy atom. The molecular formula is C8H9BrN2. The SMILES string of the molecule is CC(C)n1cc(Br)cc1C#N. The molecule has 0 aliphatic rings. The molecule has 0 amide bonds. The molecule has 1 heterocycles. The number of nitrogens with zero attached hydrogens (tertiary/aromatic N) is 2. The van der Waals surface area contributed by atoms with Crippen molar-refractivity contribution in [2.45, 2.75) is 19.9 Å². The van der Waals surface area contributed by atoms with Crippen LogP contribution in [0.1, 0.15) is 25.6 Å². The molecular weight excluding hydrogens is 204 g/mol. The average molecular weight is 213 g/mol. The molecule has 11 heavy (non-hydrogen) atoms. The van der Waals surface area contributed by atoms with Gasteiger partial charge in [-0.05, 0) is 35.8 Å². The monoisotopic (exact) mass is 212 g/mol. The van der Waals surface area contributed by atoms with Crippen LogP contribution < -0.4 is 0 Å². The Hall–Kier alpha value is -0.750. The van der Waals surface area contributed by atoms with Crippen molar-refractivity contribution < 1.29 is 0 Å². The third-order valence-electron chi connectivity index (χ3n) is 1.49. The van der Waals surface area contributed by atoms with Crippen LogP contribution in [-0.4, -0.2) is 4.57 Å². The lowest BCUT2D eigenvalue weighted by Gasteiger charge is -2.07. The molecule has 1 rings (SSSR count). The van der Waals surface area contributed by atoms with Gasteiger partial charge < -0.3 is 4.57 Å². The Kier molecular flexibility index (Phi) is 2.35. The highest BCUT2D eigenvalue weighted by Gasteiger charge is 2.05. The normalized spacial score (nSPS) is 10.1. The van der Waals surface area contributed by atoms with Crippen molar-refractivity contribution in [2.75, 3.05) is 0 Å². The summed E-state index contributed by atoms with van der Waals surface area (Å²) in [5, 5.41) is 8.69. The van der Waals surface area contributed by atoms with Gasteiger partial charge in [0.15, 0.2) is 0 Å². The molecule has 0 radical (unpaired) electrons. The summed E-state index contributed by atoms with van der Waals surface area (Å²) >= 11 is 3.32. The Morgan fingerprint density at radius 3 is 2.64 bits per heavy atom. The Balaban J connectivity index is 3.15. The van der Waals surface area contributed by atoms with E-state index in [2.05, 4.69) is 22.0 Å². The maximum atomic E-state index is 8.69. The average Bonchev–Trinajstić information content (AvgIpc) is 2.30. The standard InChI is InChI=1S/C8H9BrN2/c1-6(2)11-5-7(9)3-8(11)4-10/h3,5-6H,1-2H3. The van der Waals surface area contributed by atoms with Crippen molar-refractivity contribution in [3.63, 3.8) is 0 Å². The van der Waals surface area contributed by atoms with Gasteiger partial charge in [-0.2, -0.15) is 5.26 Å². The van der Waals surface area contributed by atoms with E-state index in [0.29, 0.717) is 11.7 Å². The van der Waals surface area contributed by atoms with Crippen LogP contribution in [0.5, 0.6) is 0 Å². The fraction of sp³-hybridized carbons (Fsp3) is 0.375. The quantitative estimate of drug-likeness (QED) is 0.704. The zero-order valence-corrected chi connectivity index (χ0v) is 8.09. The number of rotatable bonds is 1. The predicted octanol–water partition coefficient (Wildman–Crippen LogP) is 2.70. The van der Waals surface area contributed by atoms with Gasteiger partial charge in [-0.1, -0.05) is 0 Å². The predicted molar refractivity (Wildman–Crippen MR) is 47.2 cm³/mol. The van der Waals surface area contributed by atoms with Gasteiger partial charge in [-0.3, -0.25) is 0 Å². The Bertz CT molecular complexity index is 294. The summed E-state index contributed by atoms with van der Waals surface area (Å²) in [7, 11) is 0. The molecule has 0 aliphatic carbocycles. The topological polar surface area (TPSA) is 28.7 Å². The van der Waals surface area contributed by atoms with Crippen molar-refractivity contribution in [3.8, 4) is 6.07 Å². The number of nitriles is 1.